The highest BCUT2D eigenvalue weighted by molar-refractivity contribution is 7.20. The van der Waals surface area contributed by atoms with Gasteiger partial charge in [-0.15, -0.1) is 11.3 Å². The van der Waals surface area contributed by atoms with E-state index in [0.29, 0.717) is 32.6 Å². The normalized spacial score (nSPS) is 21.8. The Morgan fingerprint density at radius 2 is 2.00 bits per heavy atom. The molecule has 2 aliphatic rings. The minimum absolute atomic E-state index is 0.00494. The first-order chi connectivity index (χ1) is 14.0. The summed E-state index contributed by atoms with van der Waals surface area (Å²) in [6.07, 6.45) is 8.35. The Kier molecular flexibility index (Phi) is 5.72. The van der Waals surface area contributed by atoms with Crippen molar-refractivity contribution in [1.29, 1.82) is 0 Å². The maximum absolute atomic E-state index is 13.1. The van der Waals surface area contributed by atoms with E-state index in [1.807, 2.05) is 4.90 Å². The number of carbonyl (C=O) groups excluding carboxylic acids is 2. The van der Waals surface area contributed by atoms with E-state index in [1.165, 1.54) is 36.6 Å². The van der Waals surface area contributed by atoms with E-state index in [-0.39, 0.29) is 24.6 Å². The van der Waals surface area contributed by atoms with Gasteiger partial charge in [0, 0.05) is 12.6 Å². The number of aryl methyl sites for hydroxylation is 1. The van der Waals surface area contributed by atoms with E-state index in [1.54, 1.807) is 13.8 Å². The Morgan fingerprint density at radius 3 is 2.79 bits per heavy atom. The molecule has 2 aromatic heterocycles. The smallest absolute Gasteiger partial charge is 0.348 e. The molecule has 4 rings (SSSR count). The highest BCUT2D eigenvalue weighted by Crippen LogP contribution is 2.35. The van der Waals surface area contributed by atoms with E-state index in [4.69, 9.17) is 4.74 Å². The molecule has 29 heavy (non-hydrogen) atoms. The number of piperidine rings is 1. The number of fused-ring (bicyclic) bond motifs is 2. The van der Waals surface area contributed by atoms with Crippen LogP contribution in [0.3, 0.4) is 0 Å². The van der Waals surface area contributed by atoms with Crippen molar-refractivity contribution in [1.82, 2.24) is 14.5 Å². The summed E-state index contributed by atoms with van der Waals surface area (Å²) in [4.78, 5) is 45.5. The molecular formula is C21H27N3O4S. The van der Waals surface area contributed by atoms with Gasteiger partial charge < -0.3 is 9.64 Å². The third-order valence-corrected chi connectivity index (χ3v) is 7.43. The van der Waals surface area contributed by atoms with E-state index < -0.39 is 5.97 Å². The fourth-order valence-electron chi connectivity index (χ4n) is 4.83. The quantitative estimate of drug-likeness (QED) is 0.714. The molecular weight excluding hydrogens is 390 g/mol. The Morgan fingerprint density at radius 1 is 1.24 bits per heavy atom. The number of amides is 1. The predicted molar refractivity (Wildman–Crippen MR) is 111 cm³/mol. The van der Waals surface area contributed by atoms with Gasteiger partial charge in [-0.1, -0.05) is 12.8 Å². The molecule has 0 spiro atoms. The Bertz CT molecular complexity index is 994. The van der Waals surface area contributed by atoms with Crippen LogP contribution in [0.1, 0.15) is 60.7 Å². The zero-order chi connectivity index (χ0) is 20.5. The number of thiophene rings is 1. The van der Waals surface area contributed by atoms with Crippen LogP contribution in [0.15, 0.2) is 11.1 Å². The first kappa shape index (κ1) is 20.1. The molecule has 0 bridgehead atoms. The van der Waals surface area contributed by atoms with E-state index in [9.17, 15) is 14.4 Å². The Hall–Kier alpha value is -2.22. The summed E-state index contributed by atoms with van der Waals surface area (Å²) in [5.74, 6) is 0.153. The van der Waals surface area contributed by atoms with Crippen LogP contribution in [-0.2, 0) is 16.1 Å². The summed E-state index contributed by atoms with van der Waals surface area (Å²) >= 11 is 1.16. The molecule has 1 saturated heterocycles. The van der Waals surface area contributed by atoms with Crippen LogP contribution in [0.2, 0.25) is 0 Å². The third-order valence-electron chi connectivity index (χ3n) is 6.25. The van der Waals surface area contributed by atoms with Gasteiger partial charge in [0.25, 0.3) is 5.56 Å². The third kappa shape index (κ3) is 3.70. The lowest BCUT2D eigenvalue weighted by molar-refractivity contribution is -0.138. The molecule has 8 heteroatoms. The van der Waals surface area contributed by atoms with Crippen molar-refractivity contribution < 1.29 is 14.3 Å². The van der Waals surface area contributed by atoms with Gasteiger partial charge in [0.2, 0.25) is 5.91 Å². The van der Waals surface area contributed by atoms with Crippen molar-refractivity contribution in [2.45, 2.75) is 65.0 Å². The summed E-state index contributed by atoms with van der Waals surface area (Å²) in [6, 6.07) is 0.315. The molecule has 1 amide bonds. The lowest BCUT2D eigenvalue weighted by Crippen LogP contribution is -2.51. The molecule has 1 saturated carbocycles. The van der Waals surface area contributed by atoms with E-state index >= 15 is 0 Å². The van der Waals surface area contributed by atoms with Crippen LogP contribution in [0, 0.1) is 12.8 Å². The second-order valence-electron chi connectivity index (χ2n) is 7.98. The molecule has 1 aliphatic carbocycles. The summed E-state index contributed by atoms with van der Waals surface area (Å²) in [6.45, 7) is 4.52. The maximum Gasteiger partial charge on any atom is 0.348 e. The Balaban J connectivity index is 1.60. The molecule has 0 aromatic carbocycles. The van der Waals surface area contributed by atoms with Crippen LogP contribution in [0.4, 0.5) is 0 Å². The summed E-state index contributed by atoms with van der Waals surface area (Å²) in [5.41, 5.74) is 0.304. The Labute approximate surface area is 173 Å². The predicted octanol–water partition coefficient (Wildman–Crippen LogP) is 3.12. The molecule has 2 fully saturated rings. The second-order valence-corrected chi connectivity index (χ2v) is 8.97. The van der Waals surface area contributed by atoms with Crippen molar-refractivity contribution >= 4 is 33.4 Å². The standard InChI is InChI=1S/C21H27N3O4S/c1-3-28-21(27)18-13(2)17-19(29-18)22-12-23(20(17)26)11-16(25)24-10-6-8-14-7-4-5-9-15(14)24/h12,14-15H,3-11H2,1-2H3/t14-,15+/m0/s1. The van der Waals surface area contributed by atoms with Crippen molar-refractivity contribution in [3.63, 3.8) is 0 Å². The molecule has 1 aliphatic heterocycles. The lowest BCUT2D eigenvalue weighted by atomic mass is 9.78. The van der Waals surface area contributed by atoms with Gasteiger partial charge in [-0.3, -0.25) is 14.2 Å². The molecule has 2 aromatic rings. The van der Waals surface area contributed by atoms with Crippen molar-refractivity contribution in [3.05, 3.63) is 27.1 Å². The zero-order valence-electron chi connectivity index (χ0n) is 17.0. The summed E-state index contributed by atoms with van der Waals surface area (Å²) in [5, 5.41) is 0.405. The number of likely N-dealkylation sites (tertiary alicyclic amines) is 1. The molecule has 3 heterocycles. The number of hydrogen-bond acceptors (Lipinski definition) is 6. The van der Waals surface area contributed by atoms with Crippen molar-refractivity contribution in [3.8, 4) is 0 Å². The van der Waals surface area contributed by atoms with Crippen molar-refractivity contribution in [2.24, 2.45) is 5.92 Å². The number of carbonyl (C=O) groups is 2. The molecule has 0 unspecified atom stereocenters. The van der Waals surface area contributed by atoms with Crippen LogP contribution < -0.4 is 5.56 Å². The average molecular weight is 418 g/mol. The maximum atomic E-state index is 13.1. The number of aromatic nitrogens is 2. The fraction of sp³-hybridized carbons (Fsp3) is 0.619. The topological polar surface area (TPSA) is 81.5 Å². The first-order valence-electron chi connectivity index (χ1n) is 10.5. The van der Waals surface area contributed by atoms with Crippen LogP contribution in [0.5, 0.6) is 0 Å². The van der Waals surface area contributed by atoms with E-state index in [2.05, 4.69) is 4.98 Å². The van der Waals surface area contributed by atoms with Gasteiger partial charge in [-0.25, -0.2) is 9.78 Å². The van der Waals surface area contributed by atoms with Crippen LogP contribution >= 0.6 is 11.3 Å². The van der Waals surface area contributed by atoms with E-state index in [0.717, 1.165) is 30.7 Å². The SMILES string of the molecule is CCOC(=O)c1sc2ncn(CC(=O)N3CCC[C@@H]4CCCC[C@H]43)c(=O)c2c1C. The monoisotopic (exact) mass is 417 g/mol. The van der Waals surface area contributed by atoms with Crippen molar-refractivity contribution in [2.75, 3.05) is 13.2 Å². The lowest BCUT2D eigenvalue weighted by Gasteiger charge is -2.44. The van der Waals surface area contributed by atoms with Gasteiger partial charge in [0.15, 0.2) is 0 Å². The molecule has 7 nitrogen and oxygen atoms in total. The van der Waals surface area contributed by atoms with Gasteiger partial charge in [-0.2, -0.15) is 0 Å². The fourth-order valence-corrected chi connectivity index (χ4v) is 5.87. The van der Waals surface area contributed by atoms with Gasteiger partial charge in [0.1, 0.15) is 16.3 Å². The largest absolute Gasteiger partial charge is 0.462 e. The highest BCUT2D eigenvalue weighted by Gasteiger charge is 2.35. The summed E-state index contributed by atoms with van der Waals surface area (Å²) < 4.78 is 6.46. The second kappa shape index (κ2) is 8.26. The van der Waals surface area contributed by atoms with Gasteiger partial charge in [-0.05, 0) is 51.0 Å². The highest BCUT2D eigenvalue weighted by atomic mass is 32.1. The zero-order valence-corrected chi connectivity index (χ0v) is 17.8. The van der Waals surface area contributed by atoms with Crippen LogP contribution in [-0.4, -0.2) is 45.5 Å². The average Bonchev–Trinajstić information content (AvgIpc) is 3.07. The molecule has 0 N–H and O–H groups in total. The number of hydrogen-bond donors (Lipinski definition) is 0. The minimum Gasteiger partial charge on any atom is -0.462 e. The number of rotatable bonds is 4. The first-order valence-corrected chi connectivity index (χ1v) is 11.3. The van der Waals surface area contributed by atoms with Gasteiger partial charge >= 0.3 is 5.97 Å². The number of ether oxygens (including phenoxy) is 1. The number of nitrogens with zero attached hydrogens (tertiary/aromatic N) is 3. The number of esters is 1. The minimum atomic E-state index is -0.438. The summed E-state index contributed by atoms with van der Waals surface area (Å²) in [7, 11) is 0. The molecule has 2 atom stereocenters. The van der Waals surface area contributed by atoms with Gasteiger partial charge in [0.05, 0.1) is 18.3 Å². The molecule has 0 radical (unpaired) electrons. The molecule has 156 valence electrons. The van der Waals surface area contributed by atoms with Crippen LogP contribution in [0.25, 0.3) is 10.2 Å².